The molecule has 2 saturated carbocycles. The summed E-state index contributed by atoms with van der Waals surface area (Å²) in [7, 11) is 0. The van der Waals surface area contributed by atoms with Gasteiger partial charge in [-0.25, -0.2) is 0 Å². The van der Waals surface area contributed by atoms with Crippen LogP contribution in [0.1, 0.15) is 88.2 Å². The van der Waals surface area contributed by atoms with Gasteiger partial charge in [-0.3, -0.25) is 0 Å². The highest BCUT2D eigenvalue weighted by molar-refractivity contribution is 6.31. The van der Waals surface area contributed by atoms with Crippen LogP contribution < -0.4 is 0 Å². The highest BCUT2D eigenvalue weighted by atomic mass is 35.5. The molecule has 0 radical (unpaired) electrons. The lowest BCUT2D eigenvalue weighted by Crippen LogP contribution is -2.25. The van der Waals surface area contributed by atoms with Crippen LogP contribution in [0, 0.1) is 17.8 Å². The lowest BCUT2D eigenvalue weighted by molar-refractivity contribution is -0.137. The SMILES string of the molecule is CCCC1CCC(C2CCC(c3ccc(C(F)(F)F)cc3Cl)CC2)CC1. The van der Waals surface area contributed by atoms with Gasteiger partial charge >= 0.3 is 6.18 Å². The maximum Gasteiger partial charge on any atom is 0.416 e. The Bertz CT molecular complexity index is 580. The molecule has 4 heteroatoms. The molecule has 0 bridgehead atoms. The zero-order valence-corrected chi connectivity index (χ0v) is 16.4. The van der Waals surface area contributed by atoms with Gasteiger partial charge in [0.1, 0.15) is 0 Å². The second kappa shape index (κ2) is 8.54. The van der Waals surface area contributed by atoms with Crippen LogP contribution in [0.4, 0.5) is 13.2 Å². The minimum absolute atomic E-state index is 0.281. The van der Waals surface area contributed by atoms with Gasteiger partial charge in [0.2, 0.25) is 0 Å². The molecule has 0 unspecified atom stereocenters. The van der Waals surface area contributed by atoms with Gasteiger partial charge in [-0.15, -0.1) is 0 Å². The van der Waals surface area contributed by atoms with Crippen LogP contribution in [0.15, 0.2) is 18.2 Å². The van der Waals surface area contributed by atoms with Crippen LogP contribution in [0.5, 0.6) is 0 Å². The summed E-state index contributed by atoms with van der Waals surface area (Å²) in [5.41, 5.74) is 0.258. The van der Waals surface area contributed by atoms with Crippen molar-refractivity contribution in [1.82, 2.24) is 0 Å². The molecule has 0 atom stereocenters. The maximum atomic E-state index is 12.8. The lowest BCUT2D eigenvalue weighted by atomic mass is 9.68. The molecule has 0 aromatic heterocycles. The van der Waals surface area contributed by atoms with E-state index in [0.717, 1.165) is 42.2 Å². The normalized spacial score (nSPS) is 30.3. The molecule has 0 N–H and O–H groups in total. The Morgan fingerprint density at radius 2 is 1.50 bits per heavy atom. The number of alkyl halides is 3. The fourth-order valence-electron chi connectivity index (χ4n) is 5.29. The van der Waals surface area contributed by atoms with Crippen LogP contribution in [-0.4, -0.2) is 0 Å². The van der Waals surface area contributed by atoms with Gasteiger partial charge in [-0.1, -0.05) is 50.3 Å². The van der Waals surface area contributed by atoms with E-state index in [9.17, 15) is 13.2 Å². The van der Waals surface area contributed by atoms with Crippen molar-refractivity contribution in [1.29, 1.82) is 0 Å². The van der Waals surface area contributed by atoms with Crippen molar-refractivity contribution in [2.75, 3.05) is 0 Å². The molecular formula is C22H30ClF3. The summed E-state index contributed by atoms with van der Waals surface area (Å²) in [5, 5.41) is 0.281. The van der Waals surface area contributed by atoms with Gasteiger partial charge in [0.15, 0.2) is 0 Å². The minimum Gasteiger partial charge on any atom is -0.166 e. The molecule has 26 heavy (non-hydrogen) atoms. The highest BCUT2D eigenvalue weighted by Gasteiger charge is 2.33. The first-order valence-corrected chi connectivity index (χ1v) is 10.6. The first-order valence-electron chi connectivity index (χ1n) is 10.2. The van der Waals surface area contributed by atoms with Gasteiger partial charge in [0.05, 0.1) is 5.56 Å². The zero-order valence-electron chi connectivity index (χ0n) is 15.6. The third kappa shape index (κ3) is 4.77. The Labute approximate surface area is 160 Å². The predicted octanol–water partition coefficient (Wildman–Crippen LogP) is 8.24. The van der Waals surface area contributed by atoms with Crippen LogP contribution >= 0.6 is 11.6 Å². The van der Waals surface area contributed by atoms with Crippen molar-refractivity contribution < 1.29 is 13.2 Å². The molecule has 3 rings (SSSR count). The van der Waals surface area contributed by atoms with Crippen molar-refractivity contribution in [3.05, 3.63) is 34.3 Å². The Hall–Kier alpha value is -0.700. The molecule has 0 heterocycles. The van der Waals surface area contributed by atoms with E-state index in [1.807, 2.05) is 0 Å². The zero-order chi connectivity index (χ0) is 18.7. The van der Waals surface area contributed by atoms with E-state index in [1.54, 1.807) is 6.07 Å². The Balaban J connectivity index is 1.54. The van der Waals surface area contributed by atoms with Crippen LogP contribution in [0.25, 0.3) is 0 Å². The summed E-state index contributed by atoms with van der Waals surface area (Å²) in [6.07, 6.45) is 8.41. The molecule has 2 fully saturated rings. The van der Waals surface area contributed by atoms with Crippen LogP contribution in [-0.2, 0) is 6.18 Å². The number of rotatable bonds is 4. The molecule has 0 aliphatic heterocycles. The molecular weight excluding hydrogens is 357 g/mol. The Morgan fingerprint density at radius 3 is 2.00 bits per heavy atom. The number of benzene rings is 1. The molecule has 0 saturated heterocycles. The van der Waals surface area contributed by atoms with E-state index in [1.165, 1.54) is 57.4 Å². The first kappa shape index (κ1) is 20.0. The van der Waals surface area contributed by atoms with Crippen molar-refractivity contribution in [2.24, 2.45) is 17.8 Å². The second-order valence-corrected chi connectivity index (χ2v) is 8.82. The monoisotopic (exact) mass is 386 g/mol. The van der Waals surface area contributed by atoms with Gasteiger partial charge in [-0.2, -0.15) is 13.2 Å². The Morgan fingerprint density at radius 1 is 0.923 bits per heavy atom. The highest BCUT2D eigenvalue weighted by Crippen LogP contribution is 2.46. The van der Waals surface area contributed by atoms with Crippen LogP contribution in [0.3, 0.4) is 0 Å². The maximum absolute atomic E-state index is 12.8. The van der Waals surface area contributed by atoms with Crippen molar-refractivity contribution in [3.63, 3.8) is 0 Å². The lowest BCUT2D eigenvalue weighted by Gasteiger charge is -2.38. The number of hydrogen-bond acceptors (Lipinski definition) is 0. The molecule has 2 aliphatic carbocycles. The number of hydrogen-bond donors (Lipinski definition) is 0. The van der Waals surface area contributed by atoms with E-state index in [4.69, 9.17) is 11.6 Å². The Kier molecular flexibility index (Phi) is 6.59. The quantitative estimate of drug-likeness (QED) is 0.488. The van der Waals surface area contributed by atoms with Gasteiger partial charge in [-0.05, 0) is 79.9 Å². The molecule has 1 aromatic rings. The fraction of sp³-hybridized carbons (Fsp3) is 0.727. The van der Waals surface area contributed by atoms with Crippen molar-refractivity contribution in [3.8, 4) is 0 Å². The predicted molar refractivity (Wildman–Crippen MR) is 102 cm³/mol. The first-order chi connectivity index (χ1) is 12.4. The van der Waals surface area contributed by atoms with E-state index in [2.05, 4.69) is 6.92 Å². The van der Waals surface area contributed by atoms with Gasteiger partial charge < -0.3 is 0 Å². The smallest absolute Gasteiger partial charge is 0.166 e. The molecule has 0 nitrogen and oxygen atoms in total. The molecule has 2 aliphatic rings. The molecule has 146 valence electrons. The number of halogens is 4. The summed E-state index contributed by atoms with van der Waals surface area (Å²) in [4.78, 5) is 0. The summed E-state index contributed by atoms with van der Waals surface area (Å²) in [6, 6.07) is 3.88. The average molecular weight is 387 g/mol. The third-order valence-electron chi connectivity index (χ3n) is 6.79. The third-order valence-corrected chi connectivity index (χ3v) is 7.12. The van der Waals surface area contributed by atoms with Gasteiger partial charge in [0, 0.05) is 5.02 Å². The van der Waals surface area contributed by atoms with E-state index in [0.29, 0.717) is 5.92 Å². The van der Waals surface area contributed by atoms with E-state index in [-0.39, 0.29) is 5.02 Å². The standard InChI is InChI=1S/C22H30ClF3/c1-2-3-15-4-6-16(7-5-15)17-8-10-18(11-9-17)20-13-12-19(14-21(20)23)22(24,25)26/h12-18H,2-11H2,1H3. The topological polar surface area (TPSA) is 0 Å². The molecule has 0 spiro atoms. The summed E-state index contributed by atoms with van der Waals surface area (Å²) in [6.45, 7) is 2.28. The van der Waals surface area contributed by atoms with E-state index >= 15 is 0 Å². The van der Waals surface area contributed by atoms with E-state index < -0.39 is 11.7 Å². The van der Waals surface area contributed by atoms with Crippen molar-refractivity contribution in [2.45, 2.75) is 83.2 Å². The second-order valence-electron chi connectivity index (χ2n) is 8.42. The minimum atomic E-state index is -4.32. The molecule has 1 aromatic carbocycles. The average Bonchev–Trinajstić information content (AvgIpc) is 2.62. The molecule has 0 amide bonds. The largest absolute Gasteiger partial charge is 0.416 e. The fourth-order valence-corrected chi connectivity index (χ4v) is 5.63. The van der Waals surface area contributed by atoms with Crippen LogP contribution in [0.2, 0.25) is 5.02 Å². The summed E-state index contributed by atoms with van der Waals surface area (Å²) in [5.74, 6) is 2.94. The summed E-state index contributed by atoms with van der Waals surface area (Å²) >= 11 is 6.20. The van der Waals surface area contributed by atoms with Crippen molar-refractivity contribution >= 4 is 11.6 Å². The van der Waals surface area contributed by atoms with Gasteiger partial charge in [0.25, 0.3) is 0 Å². The summed E-state index contributed by atoms with van der Waals surface area (Å²) < 4.78 is 38.4.